The SMILES string of the molecule is CCCCNc1nc(N)nc(C)c1Cc1cc(C(C)(C)C#N)ccc1OC. The summed E-state index contributed by atoms with van der Waals surface area (Å²) in [6, 6.07) is 8.25. The number of benzene rings is 1. The lowest BCUT2D eigenvalue weighted by molar-refractivity contribution is 0.410. The molecule has 1 aromatic heterocycles. The van der Waals surface area contributed by atoms with E-state index in [0.29, 0.717) is 6.42 Å². The number of rotatable bonds is 8. The second-order valence-corrected chi connectivity index (χ2v) is 7.21. The molecule has 6 heteroatoms. The summed E-state index contributed by atoms with van der Waals surface area (Å²) >= 11 is 0. The largest absolute Gasteiger partial charge is 0.496 e. The molecule has 0 unspecified atom stereocenters. The van der Waals surface area contributed by atoms with Gasteiger partial charge in [0.15, 0.2) is 0 Å². The lowest BCUT2D eigenvalue weighted by Gasteiger charge is -2.20. The van der Waals surface area contributed by atoms with Gasteiger partial charge < -0.3 is 15.8 Å². The Morgan fingerprint density at radius 2 is 2.04 bits per heavy atom. The van der Waals surface area contributed by atoms with Gasteiger partial charge in [-0.25, -0.2) is 4.98 Å². The van der Waals surface area contributed by atoms with Crippen LogP contribution in [-0.4, -0.2) is 23.6 Å². The summed E-state index contributed by atoms with van der Waals surface area (Å²) in [4.78, 5) is 8.74. The fraction of sp³-hybridized carbons (Fsp3) is 0.476. The van der Waals surface area contributed by atoms with E-state index in [0.717, 1.165) is 53.3 Å². The number of nitrogens with zero attached hydrogens (tertiary/aromatic N) is 3. The van der Waals surface area contributed by atoms with E-state index in [9.17, 15) is 5.26 Å². The number of hydrogen-bond donors (Lipinski definition) is 2. The molecule has 0 fully saturated rings. The molecule has 0 bridgehead atoms. The zero-order valence-corrected chi connectivity index (χ0v) is 16.9. The highest BCUT2D eigenvalue weighted by molar-refractivity contribution is 5.54. The minimum atomic E-state index is -0.574. The zero-order valence-electron chi connectivity index (χ0n) is 16.9. The van der Waals surface area contributed by atoms with Gasteiger partial charge in [0.2, 0.25) is 5.95 Å². The van der Waals surface area contributed by atoms with Crippen molar-refractivity contribution in [1.82, 2.24) is 9.97 Å². The molecule has 0 aliphatic rings. The first-order chi connectivity index (χ1) is 12.8. The topological polar surface area (TPSA) is 96.9 Å². The third-order valence-electron chi connectivity index (χ3n) is 4.70. The van der Waals surface area contributed by atoms with Gasteiger partial charge in [0.05, 0.1) is 18.6 Å². The van der Waals surface area contributed by atoms with Crippen LogP contribution in [0.5, 0.6) is 5.75 Å². The molecule has 0 saturated heterocycles. The molecule has 3 N–H and O–H groups in total. The maximum Gasteiger partial charge on any atom is 0.222 e. The number of nitriles is 1. The highest BCUT2D eigenvalue weighted by Crippen LogP contribution is 2.31. The van der Waals surface area contributed by atoms with Crippen molar-refractivity contribution in [2.75, 3.05) is 24.7 Å². The number of nitrogens with two attached hydrogens (primary N) is 1. The van der Waals surface area contributed by atoms with E-state index in [1.54, 1.807) is 7.11 Å². The number of nitrogens with one attached hydrogen (secondary N) is 1. The number of unbranched alkanes of at least 4 members (excludes halogenated alkanes) is 1. The van der Waals surface area contributed by atoms with E-state index in [4.69, 9.17) is 10.5 Å². The molecule has 27 heavy (non-hydrogen) atoms. The van der Waals surface area contributed by atoms with E-state index in [1.807, 2.05) is 39.0 Å². The molecule has 1 aromatic carbocycles. The number of aryl methyl sites for hydroxylation is 1. The summed E-state index contributed by atoms with van der Waals surface area (Å²) in [5.41, 5.74) is 9.07. The zero-order chi connectivity index (χ0) is 20.0. The first kappa shape index (κ1) is 20.5. The fourth-order valence-corrected chi connectivity index (χ4v) is 2.92. The van der Waals surface area contributed by atoms with Gasteiger partial charge in [-0.05, 0) is 44.4 Å². The van der Waals surface area contributed by atoms with Crippen molar-refractivity contribution >= 4 is 11.8 Å². The first-order valence-corrected chi connectivity index (χ1v) is 9.27. The van der Waals surface area contributed by atoms with Crippen molar-refractivity contribution in [3.63, 3.8) is 0 Å². The van der Waals surface area contributed by atoms with E-state index >= 15 is 0 Å². The van der Waals surface area contributed by atoms with Crippen LogP contribution in [0.1, 0.15) is 56.0 Å². The van der Waals surface area contributed by atoms with Crippen LogP contribution in [0.15, 0.2) is 18.2 Å². The van der Waals surface area contributed by atoms with Gasteiger partial charge in [0, 0.05) is 24.2 Å². The number of hydrogen-bond acceptors (Lipinski definition) is 6. The average Bonchev–Trinajstić information content (AvgIpc) is 2.64. The van der Waals surface area contributed by atoms with Gasteiger partial charge >= 0.3 is 0 Å². The van der Waals surface area contributed by atoms with Crippen LogP contribution < -0.4 is 15.8 Å². The Labute approximate surface area is 161 Å². The van der Waals surface area contributed by atoms with Gasteiger partial charge in [-0.15, -0.1) is 0 Å². The number of anilines is 2. The Bertz CT molecular complexity index is 839. The van der Waals surface area contributed by atoms with Crippen LogP contribution in [0.25, 0.3) is 0 Å². The molecular formula is C21H29N5O. The Morgan fingerprint density at radius 3 is 2.67 bits per heavy atom. The number of aromatic nitrogens is 2. The molecule has 144 valence electrons. The van der Waals surface area contributed by atoms with Crippen molar-refractivity contribution in [2.45, 2.75) is 52.4 Å². The molecule has 2 rings (SSSR count). The van der Waals surface area contributed by atoms with Crippen LogP contribution in [0, 0.1) is 18.3 Å². The second kappa shape index (κ2) is 8.72. The first-order valence-electron chi connectivity index (χ1n) is 9.27. The predicted octanol–water partition coefficient (Wildman–Crippen LogP) is 3.98. The van der Waals surface area contributed by atoms with E-state index in [2.05, 4.69) is 28.3 Å². The molecule has 0 amide bonds. The smallest absolute Gasteiger partial charge is 0.222 e. The van der Waals surface area contributed by atoms with E-state index in [-0.39, 0.29) is 5.95 Å². The van der Waals surface area contributed by atoms with Crippen molar-refractivity contribution in [1.29, 1.82) is 5.26 Å². The standard InChI is InChI=1S/C21H29N5O/c1-6-7-10-24-19-17(14(2)25-20(23)26-19)12-15-11-16(21(3,4)13-22)8-9-18(15)27-5/h8-9,11H,6-7,10,12H2,1-5H3,(H3,23,24,25,26). The summed E-state index contributed by atoms with van der Waals surface area (Å²) in [6.45, 7) is 8.74. The summed E-state index contributed by atoms with van der Waals surface area (Å²) in [6.07, 6.45) is 2.75. The van der Waals surface area contributed by atoms with Gasteiger partial charge in [0.1, 0.15) is 11.6 Å². The Hall–Kier alpha value is -2.81. The molecule has 2 aromatic rings. The van der Waals surface area contributed by atoms with Gasteiger partial charge in [-0.2, -0.15) is 10.2 Å². The molecule has 6 nitrogen and oxygen atoms in total. The predicted molar refractivity (Wildman–Crippen MR) is 109 cm³/mol. The molecule has 0 aliphatic carbocycles. The van der Waals surface area contributed by atoms with Crippen LogP contribution >= 0.6 is 0 Å². The average molecular weight is 367 g/mol. The summed E-state index contributed by atoms with van der Waals surface area (Å²) in [7, 11) is 1.65. The van der Waals surface area contributed by atoms with Crippen molar-refractivity contribution in [3.8, 4) is 11.8 Å². The number of ether oxygens (including phenoxy) is 1. The maximum absolute atomic E-state index is 9.47. The second-order valence-electron chi connectivity index (χ2n) is 7.21. The third kappa shape index (κ3) is 4.88. The Kier molecular flexibility index (Phi) is 6.62. The molecule has 1 heterocycles. The Morgan fingerprint density at radius 1 is 1.30 bits per heavy atom. The number of nitrogen functional groups attached to an aromatic ring is 1. The molecule has 0 atom stereocenters. The lowest BCUT2D eigenvalue weighted by atomic mass is 9.84. The summed E-state index contributed by atoms with van der Waals surface area (Å²) in [5.74, 6) is 1.81. The Balaban J connectivity index is 2.46. The van der Waals surface area contributed by atoms with Crippen molar-refractivity contribution in [3.05, 3.63) is 40.6 Å². The lowest BCUT2D eigenvalue weighted by Crippen LogP contribution is -2.15. The third-order valence-corrected chi connectivity index (χ3v) is 4.70. The van der Waals surface area contributed by atoms with Crippen LogP contribution in [0.2, 0.25) is 0 Å². The highest BCUT2D eigenvalue weighted by Gasteiger charge is 2.22. The van der Waals surface area contributed by atoms with E-state index < -0.39 is 5.41 Å². The minimum Gasteiger partial charge on any atom is -0.496 e. The molecule has 0 spiro atoms. The quantitative estimate of drug-likeness (QED) is 0.685. The number of methoxy groups -OCH3 is 1. The minimum absolute atomic E-state index is 0.265. The van der Waals surface area contributed by atoms with Gasteiger partial charge in [-0.3, -0.25) is 0 Å². The summed E-state index contributed by atoms with van der Waals surface area (Å²) < 4.78 is 5.55. The molecule has 0 radical (unpaired) electrons. The highest BCUT2D eigenvalue weighted by atomic mass is 16.5. The van der Waals surface area contributed by atoms with Gasteiger partial charge in [-0.1, -0.05) is 25.5 Å². The van der Waals surface area contributed by atoms with Crippen LogP contribution in [-0.2, 0) is 11.8 Å². The molecular weight excluding hydrogens is 338 g/mol. The molecule has 0 saturated carbocycles. The van der Waals surface area contributed by atoms with Crippen molar-refractivity contribution in [2.24, 2.45) is 0 Å². The summed E-state index contributed by atoms with van der Waals surface area (Å²) in [5, 5.41) is 12.9. The molecule has 0 aliphatic heterocycles. The fourth-order valence-electron chi connectivity index (χ4n) is 2.92. The van der Waals surface area contributed by atoms with Crippen LogP contribution in [0.4, 0.5) is 11.8 Å². The van der Waals surface area contributed by atoms with Crippen LogP contribution in [0.3, 0.4) is 0 Å². The van der Waals surface area contributed by atoms with Gasteiger partial charge in [0.25, 0.3) is 0 Å². The maximum atomic E-state index is 9.47. The normalized spacial score (nSPS) is 11.1. The monoisotopic (exact) mass is 367 g/mol. The van der Waals surface area contributed by atoms with E-state index in [1.165, 1.54) is 0 Å². The van der Waals surface area contributed by atoms with Crippen molar-refractivity contribution < 1.29 is 4.74 Å².